The van der Waals surface area contributed by atoms with Gasteiger partial charge in [0, 0.05) is 0 Å². The molecule has 0 aromatic carbocycles. The summed E-state index contributed by atoms with van der Waals surface area (Å²) in [5, 5.41) is 37.6. The Labute approximate surface area is 92.2 Å². The van der Waals surface area contributed by atoms with Crippen LogP contribution in [0.15, 0.2) is 0 Å². The Morgan fingerprint density at radius 2 is 1.88 bits per heavy atom. The largest absolute Gasteiger partial charge is 0.394 e. The van der Waals surface area contributed by atoms with Crippen LogP contribution in [-0.4, -0.2) is 77.1 Å². The van der Waals surface area contributed by atoms with Gasteiger partial charge in [-0.05, 0) is 0 Å². The molecule has 1 unspecified atom stereocenters. The molecule has 4 N–H and O–H groups in total. The van der Waals surface area contributed by atoms with E-state index in [0.29, 0.717) is 6.61 Å². The molecule has 0 amide bonds. The lowest BCUT2D eigenvalue weighted by molar-refractivity contribution is -0.296. The van der Waals surface area contributed by atoms with Gasteiger partial charge in [-0.1, -0.05) is 0 Å². The Hall–Kier alpha value is -0.280. The highest BCUT2D eigenvalue weighted by Crippen LogP contribution is 2.23. The molecule has 6 atom stereocenters. The maximum absolute atomic E-state index is 9.68. The smallest absolute Gasteiger partial charge is 0.184 e. The van der Waals surface area contributed by atoms with Crippen LogP contribution in [0.5, 0.6) is 0 Å². The molecule has 7 heteroatoms. The van der Waals surface area contributed by atoms with Crippen LogP contribution in [0, 0.1) is 0 Å². The molecule has 94 valence electrons. The second kappa shape index (κ2) is 4.92. The van der Waals surface area contributed by atoms with Crippen LogP contribution in [0.4, 0.5) is 0 Å². The second-order valence-corrected chi connectivity index (χ2v) is 3.98. The van der Waals surface area contributed by atoms with E-state index in [1.807, 2.05) is 0 Å². The molecule has 2 aliphatic rings. The van der Waals surface area contributed by atoms with Crippen LogP contribution in [0.2, 0.25) is 0 Å². The molecule has 0 aromatic rings. The lowest BCUT2D eigenvalue weighted by Crippen LogP contribution is -2.59. The van der Waals surface area contributed by atoms with E-state index in [-0.39, 0.29) is 12.7 Å². The van der Waals surface area contributed by atoms with E-state index >= 15 is 0 Å². The molecular weight excluding hydrogens is 220 g/mol. The minimum absolute atomic E-state index is 0.00731. The molecule has 2 heterocycles. The first kappa shape index (κ1) is 12.2. The van der Waals surface area contributed by atoms with Crippen molar-refractivity contribution in [3.8, 4) is 0 Å². The Balaban J connectivity index is 1.90. The second-order valence-electron chi connectivity index (χ2n) is 3.98. The van der Waals surface area contributed by atoms with Gasteiger partial charge >= 0.3 is 0 Å². The average Bonchev–Trinajstić information content (AvgIpc) is 3.07. The molecule has 2 fully saturated rings. The monoisotopic (exact) mass is 236 g/mol. The lowest BCUT2D eigenvalue weighted by Gasteiger charge is -2.39. The number of rotatable bonds is 4. The average molecular weight is 236 g/mol. The number of aliphatic hydroxyl groups is 4. The van der Waals surface area contributed by atoms with Gasteiger partial charge in [0.2, 0.25) is 0 Å². The van der Waals surface area contributed by atoms with Crippen molar-refractivity contribution in [2.24, 2.45) is 0 Å². The fraction of sp³-hybridized carbons (Fsp3) is 1.00. The van der Waals surface area contributed by atoms with Crippen LogP contribution < -0.4 is 0 Å². The number of aliphatic hydroxyl groups excluding tert-OH is 4. The van der Waals surface area contributed by atoms with Crippen molar-refractivity contribution >= 4 is 0 Å². The SMILES string of the molecule is OC[C@H]1O[C@@H](O)[C@H](OCC2CO2)[C@@H](O)[C@@H]1O. The van der Waals surface area contributed by atoms with Crippen LogP contribution in [0.3, 0.4) is 0 Å². The molecule has 0 aliphatic carbocycles. The zero-order chi connectivity index (χ0) is 11.7. The summed E-state index contributed by atoms with van der Waals surface area (Å²) in [6.07, 6.45) is -5.97. The fourth-order valence-electron chi connectivity index (χ4n) is 1.63. The molecule has 2 saturated heterocycles. The van der Waals surface area contributed by atoms with Crippen molar-refractivity contribution in [3.05, 3.63) is 0 Å². The number of hydrogen-bond acceptors (Lipinski definition) is 7. The van der Waals surface area contributed by atoms with Crippen molar-refractivity contribution in [2.45, 2.75) is 36.8 Å². The van der Waals surface area contributed by atoms with Gasteiger partial charge in [0.15, 0.2) is 6.29 Å². The Kier molecular flexibility index (Phi) is 3.75. The van der Waals surface area contributed by atoms with Crippen molar-refractivity contribution in [1.82, 2.24) is 0 Å². The van der Waals surface area contributed by atoms with Crippen molar-refractivity contribution in [1.29, 1.82) is 0 Å². The van der Waals surface area contributed by atoms with Crippen LogP contribution in [-0.2, 0) is 14.2 Å². The molecule has 0 radical (unpaired) electrons. The van der Waals surface area contributed by atoms with Gasteiger partial charge < -0.3 is 34.6 Å². The summed E-state index contributed by atoms with van der Waals surface area (Å²) >= 11 is 0. The van der Waals surface area contributed by atoms with E-state index in [9.17, 15) is 15.3 Å². The van der Waals surface area contributed by atoms with E-state index < -0.39 is 37.3 Å². The van der Waals surface area contributed by atoms with Crippen LogP contribution in [0.25, 0.3) is 0 Å². The van der Waals surface area contributed by atoms with Gasteiger partial charge in [0.1, 0.15) is 30.5 Å². The highest BCUT2D eigenvalue weighted by Gasteiger charge is 2.44. The zero-order valence-corrected chi connectivity index (χ0v) is 8.60. The first-order valence-corrected chi connectivity index (χ1v) is 5.17. The summed E-state index contributed by atoms with van der Waals surface area (Å²) in [4.78, 5) is 0. The molecule has 2 rings (SSSR count). The van der Waals surface area contributed by atoms with E-state index in [4.69, 9.17) is 19.3 Å². The highest BCUT2D eigenvalue weighted by molar-refractivity contribution is 4.89. The van der Waals surface area contributed by atoms with Gasteiger partial charge in [-0.2, -0.15) is 0 Å². The third-order valence-corrected chi connectivity index (χ3v) is 2.72. The summed E-state index contributed by atoms with van der Waals surface area (Å²) in [6.45, 7) is 0.355. The summed E-state index contributed by atoms with van der Waals surface area (Å²) in [6, 6.07) is 0. The zero-order valence-electron chi connectivity index (χ0n) is 8.60. The molecule has 7 nitrogen and oxygen atoms in total. The minimum atomic E-state index is -1.37. The van der Waals surface area contributed by atoms with Gasteiger partial charge in [-0.15, -0.1) is 0 Å². The maximum atomic E-state index is 9.68. The quantitative estimate of drug-likeness (QED) is 0.390. The number of epoxide rings is 1. The van der Waals surface area contributed by atoms with Gasteiger partial charge in [0.25, 0.3) is 0 Å². The van der Waals surface area contributed by atoms with E-state index in [2.05, 4.69) is 0 Å². The van der Waals surface area contributed by atoms with E-state index in [1.54, 1.807) is 0 Å². The normalized spacial score (nSPS) is 48.0. The molecule has 0 aromatic heterocycles. The first-order chi connectivity index (χ1) is 7.63. The van der Waals surface area contributed by atoms with E-state index in [0.717, 1.165) is 0 Å². The Bertz CT molecular complexity index is 232. The van der Waals surface area contributed by atoms with Gasteiger partial charge in [0.05, 0.1) is 19.8 Å². The summed E-state index contributed by atoms with van der Waals surface area (Å²) < 4.78 is 15.0. The third-order valence-electron chi connectivity index (χ3n) is 2.72. The topological polar surface area (TPSA) is 112 Å². The molecule has 0 spiro atoms. The predicted molar refractivity (Wildman–Crippen MR) is 49.5 cm³/mol. The van der Waals surface area contributed by atoms with Crippen molar-refractivity contribution in [2.75, 3.05) is 19.8 Å². The maximum Gasteiger partial charge on any atom is 0.184 e. The third kappa shape index (κ3) is 2.51. The van der Waals surface area contributed by atoms with Gasteiger partial charge in [-0.25, -0.2) is 0 Å². The van der Waals surface area contributed by atoms with Crippen molar-refractivity contribution in [3.63, 3.8) is 0 Å². The Morgan fingerprint density at radius 1 is 1.19 bits per heavy atom. The standard InChI is InChI=1S/C9H16O7/c10-1-5-6(11)7(12)8(9(13)16-5)15-3-4-2-14-4/h4-13H,1-3H2/t4?,5-,6-,7+,8-,9-/m1/s1. The van der Waals surface area contributed by atoms with Crippen LogP contribution in [0.1, 0.15) is 0 Å². The fourth-order valence-corrected chi connectivity index (χ4v) is 1.63. The first-order valence-electron chi connectivity index (χ1n) is 5.17. The predicted octanol–water partition coefficient (Wildman–Crippen LogP) is -2.80. The highest BCUT2D eigenvalue weighted by atomic mass is 16.7. The summed E-state index contributed by atoms with van der Waals surface area (Å²) in [5.41, 5.74) is 0. The molecule has 16 heavy (non-hydrogen) atoms. The molecule has 0 bridgehead atoms. The summed E-state index contributed by atoms with van der Waals surface area (Å²) in [5.74, 6) is 0. The lowest BCUT2D eigenvalue weighted by atomic mass is 9.99. The summed E-state index contributed by atoms with van der Waals surface area (Å²) in [7, 11) is 0. The van der Waals surface area contributed by atoms with E-state index in [1.165, 1.54) is 0 Å². The van der Waals surface area contributed by atoms with Gasteiger partial charge in [-0.3, -0.25) is 0 Å². The molecule has 2 aliphatic heterocycles. The number of ether oxygens (including phenoxy) is 3. The Morgan fingerprint density at radius 3 is 2.44 bits per heavy atom. The van der Waals surface area contributed by atoms with Crippen molar-refractivity contribution < 1.29 is 34.6 Å². The van der Waals surface area contributed by atoms with Crippen LogP contribution >= 0.6 is 0 Å². The molecule has 0 saturated carbocycles. The minimum Gasteiger partial charge on any atom is -0.394 e. The molecular formula is C9H16O7. The number of hydrogen-bond donors (Lipinski definition) is 4.